The van der Waals surface area contributed by atoms with E-state index in [4.69, 9.17) is 5.14 Å². The van der Waals surface area contributed by atoms with Crippen molar-refractivity contribution in [2.75, 3.05) is 13.1 Å². The first-order valence-electron chi connectivity index (χ1n) is 6.99. The molecule has 22 heavy (non-hydrogen) atoms. The summed E-state index contributed by atoms with van der Waals surface area (Å²) in [6, 6.07) is 6.88. The average molecular weight is 440 g/mol. The van der Waals surface area contributed by atoms with Crippen LogP contribution in [0, 0.1) is 0 Å². The third-order valence-corrected chi connectivity index (χ3v) is 3.62. The molecule has 0 spiro atoms. The highest BCUT2D eigenvalue weighted by Crippen LogP contribution is 2.09. The SMILES string of the molecule is CCNC(=NCCc1ccc(S(N)(=O)=O)cc1)NC(C)C.I. The van der Waals surface area contributed by atoms with E-state index in [1.165, 1.54) is 12.1 Å². The topological polar surface area (TPSA) is 96.6 Å². The summed E-state index contributed by atoms with van der Waals surface area (Å²) in [4.78, 5) is 4.60. The molecule has 0 atom stereocenters. The predicted molar refractivity (Wildman–Crippen MR) is 101 cm³/mol. The minimum absolute atomic E-state index is 0. The molecule has 1 aromatic carbocycles. The average Bonchev–Trinajstić information content (AvgIpc) is 2.38. The largest absolute Gasteiger partial charge is 0.357 e. The normalized spacial score (nSPS) is 12.0. The van der Waals surface area contributed by atoms with E-state index in [1.807, 2.05) is 6.92 Å². The number of nitrogens with one attached hydrogen (secondary N) is 2. The Labute approximate surface area is 150 Å². The first-order chi connectivity index (χ1) is 9.82. The molecule has 4 N–H and O–H groups in total. The first kappa shape index (κ1) is 21.1. The lowest BCUT2D eigenvalue weighted by atomic mass is 10.1. The molecule has 0 bridgehead atoms. The van der Waals surface area contributed by atoms with E-state index in [9.17, 15) is 8.42 Å². The van der Waals surface area contributed by atoms with E-state index >= 15 is 0 Å². The van der Waals surface area contributed by atoms with Crippen LogP contribution in [0.4, 0.5) is 0 Å². The smallest absolute Gasteiger partial charge is 0.238 e. The Morgan fingerprint density at radius 3 is 2.32 bits per heavy atom. The molecule has 0 aliphatic rings. The molecule has 0 saturated heterocycles. The summed E-state index contributed by atoms with van der Waals surface area (Å²) >= 11 is 0. The fourth-order valence-electron chi connectivity index (χ4n) is 1.74. The van der Waals surface area contributed by atoms with Gasteiger partial charge in [-0.05, 0) is 44.9 Å². The molecule has 0 radical (unpaired) electrons. The quantitative estimate of drug-likeness (QED) is 0.355. The van der Waals surface area contributed by atoms with Gasteiger partial charge >= 0.3 is 0 Å². The van der Waals surface area contributed by atoms with Gasteiger partial charge in [0.15, 0.2) is 5.96 Å². The van der Waals surface area contributed by atoms with Crippen molar-refractivity contribution in [1.82, 2.24) is 10.6 Å². The van der Waals surface area contributed by atoms with Gasteiger partial charge in [-0.15, -0.1) is 24.0 Å². The van der Waals surface area contributed by atoms with Gasteiger partial charge in [0, 0.05) is 19.1 Å². The zero-order valence-corrected chi connectivity index (χ0v) is 16.3. The van der Waals surface area contributed by atoms with Crippen LogP contribution < -0.4 is 15.8 Å². The molecule has 8 heteroatoms. The summed E-state index contributed by atoms with van der Waals surface area (Å²) in [6.07, 6.45) is 0.736. The summed E-state index contributed by atoms with van der Waals surface area (Å²) in [5.41, 5.74) is 1.02. The van der Waals surface area contributed by atoms with Gasteiger partial charge in [-0.3, -0.25) is 4.99 Å². The number of halogens is 1. The van der Waals surface area contributed by atoms with E-state index in [-0.39, 0.29) is 28.9 Å². The second-order valence-electron chi connectivity index (χ2n) is 5.00. The molecule has 6 nitrogen and oxygen atoms in total. The van der Waals surface area contributed by atoms with Crippen molar-refractivity contribution in [1.29, 1.82) is 0 Å². The molecule has 0 aliphatic heterocycles. The van der Waals surface area contributed by atoms with Gasteiger partial charge in [0.25, 0.3) is 0 Å². The summed E-state index contributed by atoms with van der Waals surface area (Å²) in [7, 11) is -3.62. The molecule has 0 heterocycles. The van der Waals surface area contributed by atoms with Gasteiger partial charge in [-0.2, -0.15) is 0 Å². The Kier molecular flexibility index (Phi) is 9.61. The molecular formula is C14H25IN4O2S. The lowest BCUT2D eigenvalue weighted by molar-refractivity contribution is 0.598. The fraction of sp³-hybridized carbons (Fsp3) is 0.500. The number of benzene rings is 1. The van der Waals surface area contributed by atoms with Gasteiger partial charge < -0.3 is 10.6 Å². The molecule has 1 aromatic rings. The number of aliphatic imine (C=N–C) groups is 1. The maximum atomic E-state index is 11.2. The number of hydrogen-bond donors (Lipinski definition) is 3. The predicted octanol–water partition coefficient (Wildman–Crippen LogP) is 1.46. The number of rotatable bonds is 6. The van der Waals surface area contributed by atoms with Crippen LogP contribution in [0.3, 0.4) is 0 Å². The number of sulfonamides is 1. The van der Waals surface area contributed by atoms with Crippen molar-refractivity contribution in [2.45, 2.75) is 38.1 Å². The van der Waals surface area contributed by atoms with E-state index in [0.29, 0.717) is 12.6 Å². The van der Waals surface area contributed by atoms with Gasteiger partial charge in [0.05, 0.1) is 4.90 Å². The molecule has 0 saturated carbocycles. The number of guanidine groups is 1. The monoisotopic (exact) mass is 440 g/mol. The third kappa shape index (κ3) is 7.95. The Morgan fingerprint density at radius 2 is 1.86 bits per heavy atom. The Bertz CT molecular complexity index is 571. The lowest BCUT2D eigenvalue weighted by Gasteiger charge is -2.13. The summed E-state index contributed by atoms with van der Waals surface area (Å²) in [5, 5.41) is 11.5. The Morgan fingerprint density at radius 1 is 1.27 bits per heavy atom. The highest BCUT2D eigenvalue weighted by atomic mass is 127. The van der Waals surface area contributed by atoms with Crippen LogP contribution in [0.2, 0.25) is 0 Å². The summed E-state index contributed by atoms with van der Waals surface area (Å²) in [6.45, 7) is 7.56. The molecule has 0 aromatic heterocycles. The summed E-state index contributed by atoms with van der Waals surface area (Å²) in [5.74, 6) is 0.786. The standard InChI is InChI=1S/C14H24N4O2S.HI/c1-4-16-14(18-11(2)3)17-10-9-12-5-7-13(8-6-12)21(15,19)20;/h5-8,11H,4,9-10H2,1-3H3,(H2,15,19,20)(H2,16,17,18);1H. The molecule has 0 aliphatic carbocycles. The van der Waals surface area contributed by atoms with Gasteiger partial charge in [-0.1, -0.05) is 12.1 Å². The molecular weight excluding hydrogens is 415 g/mol. The van der Waals surface area contributed by atoms with E-state index in [0.717, 1.165) is 24.5 Å². The lowest BCUT2D eigenvalue weighted by Crippen LogP contribution is -2.41. The minimum atomic E-state index is -3.62. The third-order valence-electron chi connectivity index (χ3n) is 2.69. The van der Waals surface area contributed by atoms with Crippen LogP contribution >= 0.6 is 24.0 Å². The van der Waals surface area contributed by atoms with Gasteiger partial charge in [-0.25, -0.2) is 13.6 Å². The fourth-order valence-corrected chi connectivity index (χ4v) is 2.25. The Hall–Kier alpha value is -0.870. The number of hydrogen-bond acceptors (Lipinski definition) is 3. The molecule has 1 rings (SSSR count). The van der Waals surface area contributed by atoms with Crippen molar-refractivity contribution < 1.29 is 8.42 Å². The van der Waals surface area contributed by atoms with E-state index in [2.05, 4.69) is 29.5 Å². The van der Waals surface area contributed by atoms with Gasteiger partial charge in [0.2, 0.25) is 10.0 Å². The Balaban J connectivity index is 0.00000441. The second-order valence-corrected chi connectivity index (χ2v) is 6.56. The molecule has 126 valence electrons. The van der Waals surface area contributed by atoms with Crippen molar-refractivity contribution in [3.8, 4) is 0 Å². The van der Waals surface area contributed by atoms with Crippen LogP contribution in [0.5, 0.6) is 0 Å². The second kappa shape index (κ2) is 10.0. The highest BCUT2D eigenvalue weighted by molar-refractivity contribution is 14.0. The number of nitrogens with two attached hydrogens (primary N) is 1. The van der Waals surface area contributed by atoms with Crippen molar-refractivity contribution in [2.24, 2.45) is 10.1 Å². The zero-order chi connectivity index (χ0) is 15.9. The van der Waals surface area contributed by atoms with E-state index < -0.39 is 10.0 Å². The summed E-state index contributed by atoms with van der Waals surface area (Å²) < 4.78 is 22.3. The maximum absolute atomic E-state index is 11.2. The molecule has 0 amide bonds. The van der Waals surface area contributed by atoms with Crippen LogP contribution in [-0.2, 0) is 16.4 Å². The van der Waals surface area contributed by atoms with Crippen LogP contribution in [0.25, 0.3) is 0 Å². The molecule has 0 fully saturated rings. The van der Waals surface area contributed by atoms with Crippen LogP contribution in [0.15, 0.2) is 34.2 Å². The number of primary sulfonamides is 1. The van der Waals surface area contributed by atoms with Crippen molar-refractivity contribution >= 4 is 40.0 Å². The van der Waals surface area contributed by atoms with Crippen LogP contribution in [0.1, 0.15) is 26.3 Å². The van der Waals surface area contributed by atoms with E-state index in [1.54, 1.807) is 12.1 Å². The highest BCUT2D eigenvalue weighted by Gasteiger charge is 2.06. The van der Waals surface area contributed by atoms with Crippen LogP contribution in [-0.4, -0.2) is 33.5 Å². The minimum Gasteiger partial charge on any atom is -0.357 e. The van der Waals surface area contributed by atoms with Gasteiger partial charge in [0.1, 0.15) is 0 Å². The van der Waals surface area contributed by atoms with Crippen molar-refractivity contribution in [3.05, 3.63) is 29.8 Å². The number of nitrogens with zero attached hydrogens (tertiary/aromatic N) is 1. The first-order valence-corrected chi connectivity index (χ1v) is 8.54. The zero-order valence-electron chi connectivity index (χ0n) is 13.2. The molecule has 0 unspecified atom stereocenters. The van der Waals surface area contributed by atoms with Crippen molar-refractivity contribution in [3.63, 3.8) is 0 Å². The maximum Gasteiger partial charge on any atom is 0.238 e.